The molecule has 0 saturated carbocycles. The van der Waals surface area contributed by atoms with Crippen molar-refractivity contribution in [1.82, 2.24) is 4.90 Å². The van der Waals surface area contributed by atoms with Crippen LogP contribution in [0.25, 0.3) is 5.32 Å². The molecule has 1 aromatic carbocycles. The van der Waals surface area contributed by atoms with E-state index in [2.05, 4.69) is 5.32 Å². The number of imide groups is 1. The topological polar surface area (TPSA) is 104 Å². The van der Waals surface area contributed by atoms with Gasteiger partial charge < -0.3 is 19.6 Å². The molecule has 164 valence electrons. The Balaban J connectivity index is 0.00000480. The van der Waals surface area contributed by atoms with E-state index >= 15 is 0 Å². The molecule has 1 saturated heterocycles. The van der Waals surface area contributed by atoms with Crippen LogP contribution in [0.3, 0.4) is 0 Å². The molecule has 31 heavy (non-hydrogen) atoms. The summed E-state index contributed by atoms with van der Waals surface area (Å²) in [6.07, 6.45) is 1.55. The Hall–Kier alpha value is -0.935. The van der Waals surface area contributed by atoms with Crippen LogP contribution in [-0.2, 0) is 41.6 Å². The van der Waals surface area contributed by atoms with E-state index in [9.17, 15) is 19.2 Å². The Bertz CT molecular complexity index is 751. The van der Waals surface area contributed by atoms with Gasteiger partial charge in [0.1, 0.15) is 0 Å². The molecule has 2 rings (SSSR count). The number of carbonyl (C=O) groups excluding carboxylic acids is 4. The summed E-state index contributed by atoms with van der Waals surface area (Å²) < 4.78 is 10.3. The second-order valence-electron chi connectivity index (χ2n) is 7.62. The van der Waals surface area contributed by atoms with E-state index in [1.165, 1.54) is 4.90 Å². The van der Waals surface area contributed by atoms with E-state index in [0.29, 0.717) is 32.4 Å². The molecule has 1 fully saturated rings. The van der Waals surface area contributed by atoms with Crippen molar-refractivity contribution in [3.8, 4) is 0 Å². The molecule has 0 N–H and O–H groups in total. The summed E-state index contributed by atoms with van der Waals surface area (Å²) in [5.74, 6) is -0.625. The van der Waals surface area contributed by atoms with Gasteiger partial charge >= 0.3 is 64.2 Å². The van der Waals surface area contributed by atoms with Crippen molar-refractivity contribution in [3.63, 3.8) is 0 Å². The van der Waals surface area contributed by atoms with Gasteiger partial charge in [-0.15, -0.1) is 6.54 Å². The second-order valence-corrected chi connectivity index (χ2v) is 7.62. The molecule has 0 aromatic heterocycles. The number of β-lactam (4-membered cyclic amide) rings is 1. The zero-order chi connectivity index (χ0) is 21.9. The maximum atomic E-state index is 12.0. The summed E-state index contributed by atoms with van der Waals surface area (Å²) in [5, 5.41) is 3.96. The third kappa shape index (κ3) is 11.0. The average Bonchev–Trinajstić information content (AvgIpc) is 2.68. The van der Waals surface area contributed by atoms with Crippen LogP contribution >= 0.6 is 0 Å². The van der Waals surface area contributed by atoms with E-state index in [1.54, 1.807) is 12.1 Å². The summed E-state index contributed by atoms with van der Waals surface area (Å²) in [6, 6.07) is 7.22. The van der Waals surface area contributed by atoms with Crippen molar-refractivity contribution < 1.29 is 86.8 Å². The van der Waals surface area contributed by atoms with Crippen molar-refractivity contribution >= 4 is 23.7 Å². The molecule has 8 nitrogen and oxygen atoms in total. The number of esters is 1. The molecular weight excluding hydrogens is 474 g/mol. The summed E-state index contributed by atoms with van der Waals surface area (Å²) in [4.78, 5) is 47.7. The largest absolute Gasteiger partial charge is 1.00 e. The Morgan fingerprint density at radius 2 is 1.77 bits per heavy atom. The molecule has 1 aliphatic rings. The van der Waals surface area contributed by atoms with Gasteiger partial charge in [-0.25, -0.2) is 0 Å². The minimum atomic E-state index is -0.359. The summed E-state index contributed by atoms with van der Waals surface area (Å²) in [5.41, 5.74) is 1.66. The number of amides is 3. The molecule has 0 spiro atoms. The maximum absolute atomic E-state index is 12.0. The Morgan fingerprint density at radius 1 is 1.10 bits per heavy atom. The van der Waals surface area contributed by atoms with Crippen molar-refractivity contribution in [2.45, 2.75) is 46.1 Å². The number of nitrogens with zero attached hydrogens (tertiary/aromatic N) is 2. The molecule has 1 aliphatic heterocycles. The minimum absolute atomic E-state index is 0. The van der Waals surface area contributed by atoms with Gasteiger partial charge in [0.25, 0.3) is 0 Å². The van der Waals surface area contributed by atoms with Crippen LogP contribution in [0.4, 0.5) is 0 Å². The first kappa shape index (κ1) is 28.1. The fourth-order valence-corrected chi connectivity index (χ4v) is 2.74. The number of hydrogen-bond donors (Lipinski definition) is 0. The predicted octanol–water partition coefficient (Wildman–Crippen LogP) is -0.612. The summed E-state index contributed by atoms with van der Waals surface area (Å²) in [6.45, 7) is 5.11. The zero-order valence-corrected chi connectivity index (χ0v) is 23.5. The van der Waals surface area contributed by atoms with Crippen LogP contribution in [0.15, 0.2) is 24.3 Å². The Morgan fingerprint density at radius 3 is 2.35 bits per heavy atom. The predicted molar refractivity (Wildman–Crippen MR) is 109 cm³/mol. The molecule has 0 aliphatic carbocycles. The van der Waals surface area contributed by atoms with Crippen LogP contribution in [-0.4, -0.2) is 55.0 Å². The fourth-order valence-electron chi connectivity index (χ4n) is 2.74. The normalized spacial score (nSPS) is 12.7. The molecule has 0 unspecified atom stereocenters. The number of ether oxygens (including phenoxy) is 2. The van der Waals surface area contributed by atoms with Gasteiger partial charge in [-0.1, -0.05) is 43.7 Å². The number of likely N-dealkylation sites (tertiary alicyclic amines) is 1. The van der Waals surface area contributed by atoms with Crippen molar-refractivity contribution in [1.29, 1.82) is 0 Å². The Labute approximate surface area is 232 Å². The first-order valence-electron chi connectivity index (χ1n) is 10.2. The zero-order valence-electron chi connectivity index (χ0n) is 18.6. The fraction of sp³-hybridized carbons (Fsp3) is 0.545. The monoisotopic (exact) mass is 502 g/mol. The van der Waals surface area contributed by atoms with E-state index in [1.807, 2.05) is 26.0 Å². The van der Waals surface area contributed by atoms with Gasteiger partial charge in [0.2, 0.25) is 11.8 Å². The van der Waals surface area contributed by atoms with Gasteiger partial charge in [0.15, 0.2) is 0 Å². The van der Waals surface area contributed by atoms with Crippen LogP contribution in [0.5, 0.6) is 0 Å². The maximum Gasteiger partial charge on any atom is 1.00 e. The van der Waals surface area contributed by atoms with Crippen LogP contribution in [0, 0.1) is 5.92 Å². The molecule has 0 atom stereocenters. The van der Waals surface area contributed by atoms with Gasteiger partial charge in [-0.2, -0.15) is 0 Å². The van der Waals surface area contributed by atoms with Crippen LogP contribution < -0.4 is 58.2 Å². The van der Waals surface area contributed by atoms with Crippen LogP contribution in [0.1, 0.15) is 44.2 Å². The van der Waals surface area contributed by atoms with Gasteiger partial charge in [-0.3, -0.25) is 19.3 Å². The summed E-state index contributed by atoms with van der Waals surface area (Å²) >= 11 is 0. The minimum Gasteiger partial charge on any atom is -0.648 e. The van der Waals surface area contributed by atoms with Gasteiger partial charge in [0.05, 0.1) is 32.1 Å². The Kier molecular flexibility index (Phi) is 13.6. The number of hydrogen-bond acceptors (Lipinski definition) is 6. The molecule has 0 radical (unpaired) electrons. The SMILES string of the molecule is CC(C)CC(=O)OCCCOCC(=O)[N-]Cc1ccc(CC(=O)N2CCC2=O)cc1.[Rb+]. The smallest absolute Gasteiger partial charge is 0.648 e. The average molecular weight is 503 g/mol. The van der Waals surface area contributed by atoms with Gasteiger partial charge in [0, 0.05) is 25.8 Å². The van der Waals surface area contributed by atoms with E-state index in [-0.39, 0.29) is 114 Å². The van der Waals surface area contributed by atoms with Crippen LogP contribution in [0.2, 0.25) is 0 Å². The van der Waals surface area contributed by atoms with Crippen molar-refractivity contribution in [2.24, 2.45) is 5.92 Å². The molecule has 1 aromatic rings. The third-order valence-corrected chi connectivity index (χ3v) is 4.46. The van der Waals surface area contributed by atoms with Crippen molar-refractivity contribution in [3.05, 3.63) is 40.7 Å². The third-order valence-electron chi connectivity index (χ3n) is 4.46. The van der Waals surface area contributed by atoms with E-state index in [4.69, 9.17) is 9.47 Å². The molecule has 0 bridgehead atoms. The van der Waals surface area contributed by atoms with Crippen molar-refractivity contribution in [2.75, 3.05) is 26.4 Å². The number of benzene rings is 1. The second kappa shape index (κ2) is 15.0. The number of carbonyl (C=O) groups is 4. The standard InChI is InChI=1S/C22H30N2O6.Rb/c1-16(2)12-22(28)30-11-3-10-29-15-19(25)23-14-18-6-4-17(5-7-18)13-21(27)24-9-8-20(24)26;/h4-7,16H,3,8-15H2,1-2H3,(H,23,25);/q;+1/p-1. The molecule has 1 heterocycles. The molecular formula is C22H29N2O6Rb. The first-order chi connectivity index (χ1) is 14.3. The quantitative estimate of drug-likeness (QED) is 0.214. The van der Waals surface area contributed by atoms with E-state index in [0.717, 1.165) is 11.1 Å². The first-order valence-corrected chi connectivity index (χ1v) is 10.2. The van der Waals surface area contributed by atoms with Gasteiger partial charge in [-0.05, 0) is 11.5 Å². The summed E-state index contributed by atoms with van der Waals surface area (Å²) in [7, 11) is 0. The number of rotatable bonds is 12. The molecule has 9 heteroatoms. The molecule has 3 amide bonds. The van der Waals surface area contributed by atoms with E-state index < -0.39 is 0 Å².